The number of nitrogens with zero attached hydrogens (tertiary/aromatic N) is 2. The lowest BCUT2D eigenvalue weighted by Gasteiger charge is -2.35. The molecule has 3 rings (SSSR count). The maximum atomic E-state index is 12.3. The molecule has 1 aliphatic rings. The number of amides is 1. The predicted octanol–water partition coefficient (Wildman–Crippen LogP) is 3.94. The van der Waals surface area contributed by atoms with Crippen molar-refractivity contribution < 1.29 is 4.79 Å². The molecule has 114 valence electrons. The molecule has 5 heteroatoms. The van der Waals surface area contributed by atoms with Crippen LogP contribution in [0.1, 0.15) is 22.9 Å². The van der Waals surface area contributed by atoms with Gasteiger partial charge >= 0.3 is 0 Å². The van der Waals surface area contributed by atoms with Crippen molar-refractivity contribution >= 4 is 29.3 Å². The molecule has 1 aromatic heterocycles. The van der Waals surface area contributed by atoms with Gasteiger partial charge in [-0.15, -0.1) is 11.8 Å². The summed E-state index contributed by atoms with van der Waals surface area (Å²) in [7, 11) is 0. The maximum absolute atomic E-state index is 12.3. The molecule has 1 aliphatic heterocycles. The van der Waals surface area contributed by atoms with Crippen LogP contribution in [-0.2, 0) is 11.2 Å². The van der Waals surface area contributed by atoms with Crippen LogP contribution in [0.4, 0.5) is 0 Å². The number of halogens is 1. The molecule has 2 heterocycles. The topological polar surface area (TPSA) is 33.2 Å². The number of aromatic nitrogens is 1. The van der Waals surface area contributed by atoms with Gasteiger partial charge in [0.2, 0.25) is 5.91 Å². The molecule has 22 heavy (non-hydrogen) atoms. The smallest absolute Gasteiger partial charge is 0.224 e. The highest BCUT2D eigenvalue weighted by atomic mass is 35.5. The van der Waals surface area contributed by atoms with E-state index in [9.17, 15) is 4.79 Å². The molecule has 1 aromatic carbocycles. The maximum Gasteiger partial charge on any atom is 0.224 e. The van der Waals surface area contributed by atoms with Gasteiger partial charge in [-0.2, -0.15) is 0 Å². The second-order valence-electron chi connectivity index (χ2n) is 5.22. The molecule has 0 bridgehead atoms. The molecule has 0 radical (unpaired) electrons. The Morgan fingerprint density at radius 3 is 2.82 bits per heavy atom. The molecule has 0 unspecified atom stereocenters. The van der Waals surface area contributed by atoms with Crippen LogP contribution >= 0.6 is 23.4 Å². The van der Waals surface area contributed by atoms with Gasteiger partial charge in [-0.3, -0.25) is 9.78 Å². The number of benzene rings is 1. The number of carbonyl (C=O) groups excluding carboxylic acids is 1. The first-order valence-electron chi connectivity index (χ1n) is 7.29. The fourth-order valence-corrected chi connectivity index (χ4v) is 3.94. The number of carbonyl (C=O) groups is 1. The fourth-order valence-electron chi connectivity index (χ4n) is 2.56. The summed E-state index contributed by atoms with van der Waals surface area (Å²) >= 11 is 7.72. The molecule has 0 spiro atoms. The van der Waals surface area contributed by atoms with E-state index in [1.54, 1.807) is 6.20 Å². The lowest BCUT2D eigenvalue weighted by Crippen LogP contribution is -2.38. The van der Waals surface area contributed by atoms with Gasteiger partial charge in [0.1, 0.15) is 5.37 Å². The van der Waals surface area contributed by atoms with Gasteiger partial charge in [0, 0.05) is 41.7 Å². The summed E-state index contributed by atoms with van der Waals surface area (Å²) in [5.41, 5.74) is 2.29. The third-order valence-electron chi connectivity index (χ3n) is 3.72. The Morgan fingerprint density at radius 1 is 1.27 bits per heavy atom. The van der Waals surface area contributed by atoms with E-state index in [-0.39, 0.29) is 11.3 Å². The number of hydrogen-bond acceptors (Lipinski definition) is 3. The average Bonchev–Trinajstić information content (AvgIpc) is 2.56. The Labute approximate surface area is 139 Å². The van der Waals surface area contributed by atoms with Crippen molar-refractivity contribution in [3.63, 3.8) is 0 Å². The lowest BCUT2D eigenvalue weighted by atomic mass is 10.1. The van der Waals surface area contributed by atoms with Crippen molar-refractivity contribution in [3.05, 3.63) is 64.9 Å². The Morgan fingerprint density at radius 2 is 2.09 bits per heavy atom. The van der Waals surface area contributed by atoms with Gasteiger partial charge in [-0.25, -0.2) is 0 Å². The van der Waals surface area contributed by atoms with Crippen molar-refractivity contribution in [1.82, 2.24) is 9.88 Å². The van der Waals surface area contributed by atoms with Crippen LogP contribution in [-0.4, -0.2) is 28.1 Å². The number of thioether (sulfide) groups is 1. The number of hydrogen-bond donors (Lipinski definition) is 0. The third-order valence-corrected chi connectivity index (χ3v) is 5.25. The average molecular weight is 333 g/mol. The third kappa shape index (κ3) is 3.62. The molecule has 2 aromatic rings. The minimum atomic E-state index is 0.0715. The van der Waals surface area contributed by atoms with Gasteiger partial charge < -0.3 is 4.90 Å². The predicted molar refractivity (Wildman–Crippen MR) is 90.9 cm³/mol. The summed E-state index contributed by atoms with van der Waals surface area (Å²) in [4.78, 5) is 18.5. The summed E-state index contributed by atoms with van der Waals surface area (Å²) in [6, 6.07) is 11.8. The van der Waals surface area contributed by atoms with Crippen molar-refractivity contribution in [3.8, 4) is 0 Å². The summed E-state index contributed by atoms with van der Waals surface area (Å²) < 4.78 is 0. The molecule has 1 atom stereocenters. The minimum absolute atomic E-state index is 0.0715. The molecule has 1 fully saturated rings. The summed E-state index contributed by atoms with van der Waals surface area (Å²) in [5.74, 6) is 1.09. The van der Waals surface area contributed by atoms with Crippen LogP contribution < -0.4 is 0 Å². The zero-order valence-corrected chi connectivity index (χ0v) is 13.7. The standard InChI is InChI=1S/C17H17ClN2OS/c18-15-5-3-13(4-6-15)7-10-20-16(21)8-11-22-17(20)14-2-1-9-19-12-14/h1-6,9,12,17H,7-8,10-11H2/t17-/m0/s1. The van der Waals surface area contributed by atoms with Gasteiger partial charge in [0.25, 0.3) is 0 Å². The molecule has 1 amide bonds. The number of pyridine rings is 1. The van der Waals surface area contributed by atoms with E-state index in [1.165, 1.54) is 5.56 Å². The van der Waals surface area contributed by atoms with Gasteiger partial charge in [-0.1, -0.05) is 29.8 Å². The van der Waals surface area contributed by atoms with Gasteiger partial charge in [0.05, 0.1) is 0 Å². The first kappa shape index (κ1) is 15.4. The second-order valence-corrected chi connectivity index (χ2v) is 6.85. The van der Waals surface area contributed by atoms with Crippen LogP contribution in [0.3, 0.4) is 0 Å². The molecule has 1 saturated heterocycles. The second kappa shape index (κ2) is 7.16. The molecular weight excluding hydrogens is 316 g/mol. The molecule has 0 saturated carbocycles. The van der Waals surface area contributed by atoms with E-state index in [2.05, 4.69) is 4.98 Å². The van der Waals surface area contributed by atoms with Crippen LogP contribution in [0.2, 0.25) is 5.02 Å². The summed E-state index contributed by atoms with van der Waals surface area (Å²) in [6.07, 6.45) is 5.06. The SMILES string of the molecule is O=C1CCS[C@@H](c2cccnc2)N1CCc1ccc(Cl)cc1. The van der Waals surface area contributed by atoms with Crippen molar-refractivity contribution in [2.24, 2.45) is 0 Å². The van der Waals surface area contributed by atoms with Crippen LogP contribution in [0, 0.1) is 0 Å². The first-order chi connectivity index (χ1) is 10.7. The van der Waals surface area contributed by atoms with Crippen LogP contribution in [0.5, 0.6) is 0 Å². The van der Waals surface area contributed by atoms with Crippen LogP contribution in [0.15, 0.2) is 48.8 Å². The van der Waals surface area contributed by atoms with Crippen LogP contribution in [0.25, 0.3) is 0 Å². The zero-order valence-electron chi connectivity index (χ0n) is 12.1. The number of rotatable bonds is 4. The normalized spacial score (nSPS) is 18.5. The van der Waals surface area contributed by atoms with E-state index < -0.39 is 0 Å². The van der Waals surface area contributed by atoms with E-state index in [1.807, 2.05) is 59.3 Å². The highest BCUT2D eigenvalue weighted by Crippen LogP contribution is 2.36. The van der Waals surface area contributed by atoms with Crippen molar-refractivity contribution in [2.75, 3.05) is 12.3 Å². The van der Waals surface area contributed by atoms with E-state index >= 15 is 0 Å². The zero-order chi connectivity index (χ0) is 15.4. The molecule has 0 aliphatic carbocycles. The molecule has 0 N–H and O–H groups in total. The Bertz CT molecular complexity index is 633. The van der Waals surface area contributed by atoms with Crippen molar-refractivity contribution in [2.45, 2.75) is 18.2 Å². The summed E-state index contributed by atoms with van der Waals surface area (Å²) in [5, 5.41) is 0.809. The highest BCUT2D eigenvalue weighted by Gasteiger charge is 2.29. The fraction of sp³-hybridized carbons (Fsp3) is 0.294. The quantitative estimate of drug-likeness (QED) is 0.850. The Kier molecular flexibility index (Phi) is 5.01. The molecule has 3 nitrogen and oxygen atoms in total. The Hall–Kier alpha value is -1.52. The van der Waals surface area contributed by atoms with E-state index in [0.717, 1.165) is 22.8 Å². The first-order valence-corrected chi connectivity index (χ1v) is 8.72. The van der Waals surface area contributed by atoms with Crippen molar-refractivity contribution in [1.29, 1.82) is 0 Å². The Balaban J connectivity index is 1.73. The molecular formula is C17H17ClN2OS. The van der Waals surface area contributed by atoms with Gasteiger partial charge in [0.15, 0.2) is 0 Å². The monoisotopic (exact) mass is 332 g/mol. The largest absolute Gasteiger partial charge is 0.326 e. The summed E-state index contributed by atoms with van der Waals surface area (Å²) in [6.45, 7) is 0.715. The van der Waals surface area contributed by atoms with Gasteiger partial charge in [-0.05, 0) is 30.2 Å². The van der Waals surface area contributed by atoms with E-state index in [4.69, 9.17) is 11.6 Å². The lowest BCUT2D eigenvalue weighted by molar-refractivity contribution is -0.132. The highest BCUT2D eigenvalue weighted by molar-refractivity contribution is 7.99. The minimum Gasteiger partial charge on any atom is -0.326 e. The van der Waals surface area contributed by atoms with E-state index in [0.29, 0.717) is 13.0 Å².